The van der Waals surface area contributed by atoms with Crippen LogP contribution in [0.15, 0.2) is 0 Å². The molecule has 0 amide bonds. The third kappa shape index (κ3) is 299. The predicted octanol–water partition coefficient (Wildman–Crippen LogP) is 5.19. The molecule has 11 heteroatoms. The predicted molar refractivity (Wildman–Crippen MR) is 122 cm³/mol. The molecule has 27 heavy (non-hydrogen) atoms. The van der Waals surface area contributed by atoms with E-state index in [0.29, 0.717) is 22.5 Å². The normalized spacial score (nSPS) is 5.63. The molecular formula is C16H38FI2NO5VY-2. The first-order valence-electron chi connectivity index (χ1n) is 7.52. The van der Waals surface area contributed by atoms with Crippen LogP contribution in [0.25, 0.3) is 0 Å². The van der Waals surface area contributed by atoms with Gasteiger partial charge in [-0.1, -0.05) is 20.8 Å². The maximum atomic E-state index is 10.5. The summed E-state index contributed by atoms with van der Waals surface area (Å²) < 4.78 is 10.5. The maximum Gasteiger partial charge on any atom is 0 e. The van der Waals surface area contributed by atoms with Gasteiger partial charge in [0.25, 0.3) is 0 Å². The molecule has 0 saturated heterocycles. The molecule has 168 valence electrons. The van der Waals surface area contributed by atoms with Crippen molar-refractivity contribution in [2.75, 3.05) is 19.8 Å². The van der Waals surface area contributed by atoms with E-state index in [-0.39, 0.29) is 59.8 Å². The third-order valence-corrected chi connectivity index (χ3v) is 0.756. The van der Waals surface area contributed by atoms with Crippen LogP contribution < -0.4 is 0 Å². The Kier molecular flexibility index (Phi) is 220. The second kappa shape index (κ2) is 104. The summed E-state index contributed by atoms with van der Waals surface area (Å²) in [6.45, 7) is 14.4. The molecule has 0 atom stereocenters. The van der Waals surface area contributed by atoms with Crippen LogP contribution in [0.2, 0.25) is 0 Å². The van der Waals surface area contributed by atoms with Crippen molar-refractivity contribution >= 4 is 45.9 Å². The molecule has 0 aliphatic carbocycles. The van der Waals surface area contributed by atoms with Gasteiger partial charge < -0.3 is 29.7 Å². The molecule has 0 fully saturated rings. The van der Waals surface area contributed by atoms with Gasteiger partial charge in [0.2, 0.25) is 0 Å². The van der Waals surface area contributed by atoms with Gasteiger partial charge in [0.15, 0.2) is 0 Å². The Hall–Kier alpha value is 1.92. The Labute approximate surface area is 221 Å². The van der Waals surface area contributed by atoms with E-state index in [0.717, 1.165) is 6.42 Å². The van der Waals surface area contributed by atoms with E-state index in [2.05, 4.69) is 51.8 Å². The Balaban J connectivity index is -0.0000000203. The average Bonchev–Trinajstić information content (AvgIpc) is 2.65. The van der Waals surface area contributed by atoms with Crippen molar-refractivity contribution in [1.29, 1.82) is 5.26 Å². The van der Waals surface area contributed by atoms with E-state index in [1.54, 1.807) is 20.8 Å². The number of aliphatic hydroxyl groups is 3. The molecule has 0 aromatic carbocycles. The van der Waals surface area contributed by atoms with Gasteiger partial charge >= 0.3 is 55.4 Å². The van der Waals surface area contributed by atoms with Crippen LogP contribution in [0.3, 0.4) is 0 Å². The van der Waals surface area contributed by atoms with E-state index >= 15 is 0 Å². The zero-order chi connectivity index (χ0) is 21.9. The second-order valence-corrected chi connectivity index (χ2v) is 14.5. The molecule has 0 bridgehead atoms. The molecule has 0 unspecified atom stereocenters. The number of hydrogen-bond acceptors (Lipinski definition) is 6. The van der Waals surface area contributed by atoms with Crippen LogP contribution in [0.4, 0.5) is 4.53 Å². The number of hydrogen-bond donors (Lipinski definition) is 3. The summed E-state index contributed by atoms with van der Waals surface area (Å²) in [6.07, 6.45) is 1.59. The molecule has 0 aliphatic heterocycles. The number of rotatable bonds is 2. The summed E-state index contributed by atoms with van der Waals surface area (Å²) >= 11 is 4.74. The van der Waals surface area contributed by atoms with Gasteiger partial charge in [-0.2, -0.15) is 12.2 Å². The van der Waals surface area contributed by atoms with Crippen molar-refractivity contribution < 1.29 is 71.8 Å². The summed E-state index contributed by atoms with van der Waals surface area (Å²) in [7, 11) is 0.628. The minimum absolute atomic E-state index is 0. The Bertz CT molecular complexity index is 197. The number of nitrogens with zero attached hydrogens (tertiary/aromatic N) is 1. The first-order chi connectivity index (χ1) is 11.9. The summed E-state index contributed by atoms with van der Waals surface area (Å²) in [5.74, 6) is -0.824. The van der Waals surface area contributed by atoms with Crippen LogP contribution in [0.1, 0.15) is 60.8 Å². The quantitative estimate of drug-likeness (QED) is 0.266. The van der Waals surface area contributed by atoms with E-state index in [1.165, 1.54) is 6.92 Å². The zero-order valence-electron chi connectivity index (χ0n) is 17.7. The van der Waals surface area contributed by atoms with Gasteiger partial charge in [0, 0.05) is 69.9 Å². The first kappa shape index (κ1) is 56.8. The molecule has 0 spiro atoms. The third-order valence-electron chi connectivity index (χ3n) is 0.756. The standard InChI is InChI=1S/C3H5FO2.C3H5N.C3H8O.2C2H6O.C2H5.CH3.2HI.V.Y/c1-2-3(5)6-4;2*1-2-3-4;2*1-2-3;1-2;;;;;/h2H2,1H3;2H2,1H3;4H,2-3H2,1H3;2*3H,2H2,1H3;1H2,2H3;1H3;2*1H;;/q;;;;;2*-1;;;+2;/p-2. The Morgan fingerprint density at radius 1 is 1.11 bits per heavy atom. The summed E-state index contributed by atoms with van der Waals surface area (Å²) in [6, 6.07) is 1.93. The monoisotopic (exact) mass is 737 g/mol. The molecule has 0 aromatic rings. The van der Waals surface area contributed by atoms with Crippen LogP contribution in [-0.2, 0) is 51.9 Å². The van der Waals surface area contributed by atoms with E-state index in [1.807, 2.05) is 19.9 Å². The second-order valence-electron chi connectivity index (χ2n) is 2.73. The molecule has 3 N–H and O–H groups in total. The maximum absolute atomic E-state index is 10.5. The first-order valence-corrected chi connectivity index (χ1v) is 16.5. The van der Waals surface area contributed by atoms with E-state index in [9.17, 15) is 9.32 Å². The molecular weight excluding hydrogens is 699 g/mol. The van der Waals surface area contributed by atoms with Gasteiger partial charge in [0.1, 0.15) is 0 Å². The number of aliphatic hydroxyl groups excluding tert-OH is 3. The van der Waals surface area contributed by atoms with Crippen LogP contribution in [-0.4, -0.2) is 41.1 Å². The number of nitriles is 1. The van der Waals surface area contributed by atoms with Gasteiger partial charge in [-0.15, -0.1) is 0 Å². The largest absolute Gasteiger partial charge is 0 e. The fourth-order valence-corrected chi connectivity index (χ4v) is 0.0546. The molecule has 0 heterocycles. The number of carbonyl (C=O) groups is 1. The minimum atomic E-state index is -0.824. The minimum Gasteiger partial charge on any atom is 0 e. The van der Waals surface area contributed by atoms with Gasteiger partial charge in [0.05, 0.1) is 6.07 Å². The van der Waals surface area contributed by atoms with Crippen molar-refractivity contribution in [2.45, 2.75) is 60.8 Å². The van der Waals surface area contributed by atoms with Crippen LogP contribution in [0.5, 0.6) is 0 Å². The SMILES string of the molecule is CCC#N.CCC(=O)OF.CCCO.CCO.CCO.[CH2-]C.[CH3-].[I][V][I].[Y]. The van der Waals surface area contributed by atoms with E-state index < -0.39 is 5.97 Å². The summed E-state index contributed by atoms with van der Waals surface area (Å²) in [4.78, 5) is 12.3. The summed E-state index contributed by atoms with van der Waals surface area (Å²) in [5, 5.41) is 30.6. The van der Waals surface area contributed by atoms with Crippen molar-refractivity contribution in [3.63, 3.8) is 0 Å². The molecule has 0 aliphatic rings. The molecule has 1 radical (unpaired) electrons. The van der Waals surface area contributed by atoms with Crippen molar-refractivity contribution in [3.8, 4) is 6.07 Å². The fourth-order valence-electron chi connectivity index (χ4n) is 0.0546. The van der Waals surface area contributed by atoms with Crippen molar-refractivity contribution in [1.82, 2.24) is 0 Å². The smallest absolute Gasteiger partial charge is 0 e. The topological polar surface area (TPSA) is 111 Å². The Morgan fingerprint density at radius 3 is 1.30 bits per heavy atom. The fraction of sp³-hybridized carbons (Fsp3) is 0.750. The average molecular weight is 737 g/mol. The molecule has 0 saturated carbocycles. The Morgan fingerprint density at radius 2 is 1.30 bits per heavy atom. The van der Waals surface area contributed by atoms with Crippen molar-refractivity contribution in [2.24, 2.45) is 0 Å². The van der Waals surface area contributed by atoms with Gasteiger partial charge in [-0.3, -0.25) is 4.94 Å². The van der Waals surface area contributed by atoms with Crippen molar-refractivity contribution in [3.05, 3.63) is 14.4 Å². The van der Waals surface area contributed by atoms with Crippen LogP contribution in [0, 0.1) is 25.7 Å². The number of carbonyl (C=O) groups excluding carboxylic acids is 1. The molecule has 0 rings (SSSR count). The van der Waals surface area contributed by atoms with E-state index in [4.69, 9.17) is 20.6 Å². The number of halogens is 3. The summed E-state index contributed by atoms with van der Waals surface area (Å²) in [5.41, 5.74) is 0. The van der Waals surface area contributed by atoms with Gasteiger partial charge in [-0.05, 0) is 20.3 Å². The molecule has 0 aromatic heterocycles. The van der Waals surface area contributed by atoms with Crippen LogP contribution >= 0.6 is 40.0 Å². The van der Waals surface area contributed by atoms with Gasteiger partial charge in [-0.25, -0.2) is 4.79 Å². The molecule has 6 nitrogen and oxygen atoms in total. The zero-order valence-corrected chi connectivity index (χ0v) is 26.3.